The summed E-state index contributed by atoms with van der Waals surface area (Å²) >= 11 is 1.54. The Morgan fingerprint density at radius 2 is 2.13 bits per heavy atom. The van der Waals surface area contributed by atoms with E-state index in [1.807, 2.05) is 12.3 Å². The van der Waals surface area contributed by atoms with Crippen molar-refractivity contribution in [2.75, 3.05) is 29.6 Å². The molecule has 0 saturated carbocycles. The molecule has 2 amide bonds. The Bertz CT molecular complexity index is 703. The molecule has 0 aromatic heterocycles. The Hall–Kier alpha value is -1.54. The van der Waals surface area contributed by atoms with Crippen LogP contribution in [0.15, 0.2) is 29.2 Å². The number of thioether (sulfide) groups is 1. The fourth-order valence-corrected chi connectivity index (χ4v) is 4.79. The van der Waals surface area contributed by atoms with Gasteiger partial charge in [-0.15, -0.1) is 11.8 Å². The van der Waals surface area contributed by atoms with Crippen molar-refractivity contribution < 1.29 is 18.0 Å². The lowest BCUT2D eigenvalue weighted by molar-refractivity contribution is -0.144. The summed E-state index contributed by atoms with van der Waals surface area (Å²) in [6.07, 6.45) is 2.31. The van der Waals surface area contributed by atoms with Gasteiger partial charge in [-0.2, -0.15) is 0 Å². The summed E-state index contributed by atoms with van der Waals surface area (Å²) in [6.45, 7) is 2.04. The van der Waals surface area contributed by atoms with Crippen molar-refractivity contribution in [1.82, 2.24) is 4.90 Å². The summed E-state index contributed by atoms with van der Waals surface area (Å²) in [6, 6.07) is 6.78. The van der Waals surface area contributed by atoms with Gasteiger partial charge in [0.1, 0.15) is 0 Å². The van der Waals surface area contributed by atoms with Crippen LogP contribution in [-0.4, -0.2) is 55.5 Å². The summed E-state index contributed by atoms with van der Waals surface area (Å²) in [5, 5.41) is 2.58. The second kappa shape index (κ2) is 7.35. The van der Waals surface area contributed by atoms with E-state index < -0.39 is 27.7 Å². The smallest absolute Gasteiger partial charge is 0.313 e. The molecule has 1 aliphatic heterocycles. The lowest BCUT2D eigenvalue weighted by atomic mass is 10.2. The van der Waals surface area contributed by atoms with Gasteiger partial charge in [0, 0.05) is 23.2 Å². The molecule has 1 saturated heterocycles. The Morgan fingerprint density at radius 1 is 1.39 bits per heavy atom. The molecule has 1 aromatic carbocycles. The predicted octanol–water partition coefficient (Wildman–Crippen LogP) is 1.38. The first kappa shape index (κ1) is 17.8. The van der Waals surface area contributed by atoms with Crippen LogP contribution >= 0.6 is 11.8 Å². The molecule has 1 aromatic rings. The number of amides is 2. The summed E-state index contributed by atoms with van der Waals surface area (Å²) in [7, 11) is -3.11. The van der Waals surface area contributed by atoms with Gasteiger partial charge in [0.2, 0.25) is 0 Å². The summed E-state index contributed by atoms with van der Waals surface area (Å²) < 4.78 is 23.1. The third-order valence-electron chi connectivity index (χ3n) is 3.77. The highest BCUT2D eigenvalue weighted by molar-refractivity contribution is 7.98. The number of benzene rings is 1. The average Bonchev–Trinajstić information content (AvgIpc) is 2.88. The number of carbonyl (C=O) groups is 2. The maximum atomic E-state index is 12.3. The lowest BCUT2D eigenvalue weighted by Gasteiger charge is -2.26. The molecule has 0 aliphatic carbocycles. The Morgan fingerprint density at radius 3 is 2.70 bits per heavy atom. The SMILES string of the molecule is CCN(C(=O)C(=O)Nc1cccc(SC)c1)C1CCS(=O)(=O)C1. The number of carbonyl (C=O) groups excluding carboxylic acids is 2. The van der Waals surface area contributed by atoms with Crippen molar-refractivity contribution >= 4 is 39.1 Å². The molecule has 1 aliphatic rings. The molecule has 8 heteroatoms. The minimum atomic E-state index is -3.11. The molecule has 1 N–H and O–H groups in total. The minimum Gasteiger partial charge on any atom is -0.331 e. The highest BCUT2D eigenvalue weighted by atomic mass is 32.2. The third-order valence-corrected chi connectivity index (χ3v) is 6.25. The molecular weight excluding hydrogens is 336 g/mol. The fourth-order valence-electron chi connectivity index (χ4n) is 2.60. The number of hydrogen-bond donors (Lipinski definition) is 1. The number of rotatable bonds is 4. The van der Waals surface area contributed by atoms with E-state index in [2.05, 4.69) is 5.32 Å². The lowest BCUT2D eigenvalue weighted by Crippen LogP contribution is -2.46. The van der Waals surface area contributed by atoms with E-state index in [9.17, 15) is 18.0 Å². The Kier molecular flexibility index (Phi) is 5.69. The van der Waals surface area contributed by atoms with Crippen molar-refractivity contribution in [3.8, 4) is 0 Å². The minimum absolute atomic E-state index is 0.0676. The van der Waals surface area contributed by atoms with Gasteiger partial charge in [0.05, 0.1) is 11.5 Å². The highest BCUT2D eigenvalue weighted by Gasteiger charge is 2.35. The largest absolute Gasteiger partial charge is 0.331 e. The molecule has 1 heterocycles. The van der Waals surface area contributed by atoms with Crippen molar-refractivity contribution in [1.29, 1.82) is 0 Å². The molecule has 2 rings (SSSR count). The molecule has 6 nitrogen and oxygen atoms in total. The summed E-state index contributed by atoms with van der Waals surface area (Å²) in [5.41, 5.74) is 0.547. The normalized spacial score (nSPS) is 19.3. The van der Waals surface area contributed by atoms with Crippen LogP contribution in [0.25, 0.3) is 0 Å². The first-order chi connectivity index (χ1) is 10.9. The number of anilines is 1. The Balaban J connectivity index is 2.06. The number of nitrogens with zero attached hydrogens (tertiary/aromatic N) is 1. The third kappa shape index (κ3) is 4.48. The van der Waals surface area contributed by atoms with Gasteiger partial charge in [-0.3, -0.25) is 9.59 Å². The quantitative estimate of drug-likeness (QED) is 0.651. The molecule has 126 valence electrons. The van der Waals surface area contributed by atoms with E-state index in [1.54, 1.807) is 25.1 Å². The van der Waals surface area contributed by atoms with Crippen LogP contribution in [-0.2, 0) is 19.4 Å². The van der Waals surface area contributed by atoms with Crippen molar-refractivity contribution in [3.05, 3.63) is 24.3 Å². The van der Waals surface area contributed by atoms with E-state index in [4.69, 9.17) is 0 Å². The van der Waals surface area contributed by atoms with Gasteiger partial charge < -0.3 is 10.2 Å². The zero-order chi connectivity index (χ0) is 17.0. The molecule has 0 radical (unpaired) electrons. The van der Waals surface area contributed by atoms with Gasteiger partial charge in [-0.1, -0.05) is 6.07 Å². The maximum Gasteiger partial charge on any atom is 0.313 e. The molecule has 0 spiro atoms. The standard InChI is InChI=1S/C15H20N2O4S2/c1-3-17(12-7-8-23(20,21)10-12)15(19)14(18)16-11-5-4-6-13(9-11)22-2/h4-6,9,12H,3,7-8,10H2,1-2H3,(H,16,18). The number of likely N-dealkylation sites (N-methyl/N-ethyl adjacent to an activating group) is 1. The second-order valence-corrected chi connectivity index (χ2v) is 8.44. The van der Waals surface area contributed by atoms with Crippen LogP contribution in [0, 0.1) is 0 Å². The van der Waals surface area contributed by atoms with Crippen LogP contribution < -0.4 is 5.32 Å². The molecule has 0 bridgehead atoms. The van der Waals surface area contributed by atoms with Crippen molar-refractivity contribution in [2.45, 2.75) is 24.3 Å². The van der Waals surface area contributed by atoms with Gasteiger partial charge in [0.15, 0.2) is 9.84 Å². The number of nitrogens with one attached hydrogen (secondary N) is 1. The molecule has 23 heavy (non-hydrogen) atoms. The first-order valence-corrected chi connectivity index (χ1v) is 10.4. The van der Waals surface area contributed by atoms with Crippen LogP contribution in [0.4, 0.5) is 5.69 Å². The van der Waals surface area contributed by atoms with Gasteiger partial charge >= 0.3 is 11.8 Å². The molecule has 1 unspecified atom stereocenters. The van der Waals surface area contributed by atoms with E-state index in [0.717, 1.165) is 4.90 Å². The zero-order valence-corrected chi connectivity index (χ0v) is 14.7. The molecule has 1 atom stereocenters. The molecular formula is C15H20N2O4S2. The van der Waals surface area contributed by atoms with E-state index in [-0.39, 0.29) is 11.5 Å². The summed E-state index contributed by atoms with van der Waals surface area (Å²) in [4.78, 5) is 26.8. The zero-order valence-electron chi connectivity index (χ0n) is 13.1. The predicted molar refractivity (Wildman–Crippen MR) is 91.3 cm³/mol. The van der Waals surface area contributed by atoms with Crippen molar-refractivity contribution in [3.63, 3.8) is 0 Å². The summed E-state index contributed by atoms with van der Waals surface area (Å²) in [5.74, 6) is -1.43. The topological polar surface area (TPSA) is 83.6 Å². The van der Waals surface area contributed by atoms with Gasteiger partial charge in [0.25, 0.3) is 0 Å². The van der Waals surface area contributed by atoms with Crippen molar-refractivity contribution in [2.24, 2.45) is 0 Å². The van der Waals surface area contributed by atoms with Crippen LogP contribution in [0.2, 0.25) is 0 Å². The van der Waals surface area contributed by atoms with Crippen LogP contribution in [0.5, 0.6) is 0 Å². The van der Waals surface area contributed by atoms with Crippen LogP contribution in [0.3, 0.4) is 0 Å². The van der Waals surface area contributed by atoms with Gasteiger partial charge in [-0.05, 0) is 37.8 Å². The van der Waals surface area contributed by atoms with E-state index in [1.165, 1.54) is 16.7 Å². The average molecular weight is 356 g/mol. The second-order valence-electron chi connectivity index (χ2n) is 5.33. The fraction of sp³-hybridized carbons (Fsp3) is 0.467. The number of sulfone groups is 1. The van der Waals surface area contributed by atoms with E-state index >= 15 is 0 Å². The first-order valence-electron chi connectivity index (χ1n) is 7.32. The highest BCUT2D eigenvalue weighted by Crippen LogP contribution is 2.20. The Labute approximate surface area is 140 Å². The maximum absolute atomic E-state index is 12.3. The van der Waals surface area contributed by atoms with E-state index in [0.29, 0.717) is 18.7 Å². The number of hydrogen-bond acceptors (Lipinski definition) is 5. The van der Waals surface area contributed by atoms with Crippen LogP contribution in [0.1, 0.15) is 13.3 Å². The monoisotopic (exact) mass is 356 g/mol. The van der Waals surface area contributed by atoms with Gasteiger partial charge in [-0.25, -0.2) is 8.42 Å². The molecule has 1 fully saturated rings.